The number of amides is 3. The minimum absolute atomic E-state index is 0.0171. The number of hydrogen-bond donors (Lipinski definition) is 4. The van der Waals surface area contributed by atoms with Gasteiger partial charge < -0.3 is 21.7 Å². The Morgan fingerprint density at radius 1 is 0.950 bits per heavy atom. The third kappa shape index (κ3) is 9.60. The minimum atomic E-state index is -1.21. The monoisotopic (exact) mass is 558 g/mol. The molecule has 2 atom stereocenters. The number of carbonyl (C=O) groups is 4. The number of nitrogens with zero attached hydrogens (tertiary/aromatic N) is 2. The fourth-order valence-electron chi connectivity index (χ4n) is 4.22. The highest BCUT2D eigenvalue weighted by atomic mass is 19.1. The summed E-state index contributed by atoms with van der Waals surface area (Å²) in [6.07, 6.45) is 1.27. The molecule has 0 bridgehead atoms. The highest BCUT2D eigenvalue weighted by Crippen LogP contribution is 2.16. The van der Waals surface area contributed by atoms with Gasteiger partial charge in [0.2, 0.25) is 5.91 Å². The van der Waals surface area contributed by atoms with E-state index >= 15 is 0 Å². The average molecular weight is 559 g/mol. The predicted molar refractivity (Wildman–Crippen MR) is 145 cm³/mol. The number of nitrogens with one attached hydrogen (secondary N) is 2. The first-order valence-electron chi connectivity index (χ1n) is 13.1. The number of primary amides is 1. The van der Waals surface area contributed by atoms with Gasteiger partial charge in [-0.05, 0) is 61.6 Å². The van der Waals surface area contributed by atoms with E-state index in [2.05, 4.69) is 10.4 Å². The number of carbonyl (C=O) groups excluding carboxylic acids is 4. The van der Waals surface area contributed by atoms with Crippen LogP contribution in [0.4, 0.5) is 8.78 Å². The SMILES string of the molecule is CCCN(CCC)C(=O)c1cc(C(N)=O)cc(C(=O)NC(Cc2cc(F)cc(F)c2)C(=O)CCC(N)CN=N)c1. The highest BCUT2D eigenvalue weighted by Gasteiger charge is 2.25. The molecule has 0 heterocycles. The summed E-state index contributed by atoms with van der Waals surface area (Å²) in [4.78, 5) is 53.3. The smallest absolute Gasteiger partial charge is 0.253 e. The van der Waals surface area contributed by atoms with Gasteiger partial charge in [0.25, 0.3) is 11.8 Å². The molecule has 12 heteroatoms. The zero-order valence-electron chi connectivity index (χ0n) is 22.7. The Morgan fingerprint density at radius 2 is 1.52 bits per heavy atom. The van der Waals surface area contributed by atoms with Crippen LogP contribution in [0, 0.1) is 17.2 Å². The van der Waals surface area contributed by atoms with Crippen LogP contribution >= 0.6 is 0 Å². The van der Waals surface area contributed by atoms with E-state index in [9.17, 15) is 28.0 Å². The maximum absolute atomic E-state index is 13.8. The van der Waals surface area contributed by atoms with Crippen LogP contribution < -0.4 is 16.8 Å². The Bertz CT molecular complexity index is 1210. The number of hydrogen-bond acceptors (Lipinski definition) is 7. The largest absolute Gasteiger partial charge is 0.366 e. The van der Waals surface area contributed by atoms with E-state index in [1.807, 2.05) is 13.8 Å². The Balaban J connectivity index is 2.41. The summed E-state index contributed by atoms with van der Waals surface area (Å²) in [6, 6.07) is 4.89. The topological polar surface area (TPSA) is 172 Å². The van der Waals surface area contributed by atoms with E-state index in [1.54, 1.807) is 4.90 Å². The molecule has 0 saturated carbocycles. The van der Waals surface area contributed by atoms with Gasteiger partial charge in [-0.3, -0.25) is 19.2 Å². The standard InChI is InChI=1S/C28H36F2N6O4/c1-3-7-36(8-4-2)28(40)20-13-18(26(32)38)12-19(14-20)27(39)35-24(25(37)6-5-23(31)16-34-33)11-17-9-21(29)15-22(30)10-17/h9-10,12-15,23-24,33H,3-8,11,16,31H2,1-2H3,(H2,32,38)(H,35,39). The van der Waals surface area contributed by atoms with Gasteiger partial charge >= 0.3 is 0 Å². The van der Waals surface area contributed by atoms with E-state index in [4.69, 9.17) is 17.0 Å². The second-order valence-electron chi connectivity index (χ2n) is 9.57. The van der Waals surface area contributed by atoms with Crippen LogP contribution in [0.1, 0.15) is 76.2 Å². The lowest BCUT2D eigenvalue weighted by Gasteiger charge is -2.22. The number of benzene rings is 2. The molecule has 10 nitrogen and oxygen atoms in total. The zero-order chi connectivity index (χ0) is 29.8. The molecule has 0 saturated heterocycles. The number of halogens is 2. The number of ketones is 1. The van der Waals surface area contributed by atoms with E-state index in [-0.39, 0.29) is 54.0 Å². The Labute approximate surface area is 232 Å². The fourth-order valence-corrected chi connectivity index (χ4v) is 4.22. The molecule has 6 N–H and O–H groups in total. The molecule has 0 aliphatic carbocycles. The van der Waals surface area contributed by atoms with E-state index in [0.717, 1.165) is 12.1 Å². The lowest BCUT2D eigenvalue weighted by atomic mass is 9.97. The average Bonchev–Trinajstić information content (AvgIpc) is 2.90. The molecule has 0 fully saturated rings. The van der Waals surface area contributed by atoms with Crippen molar-refractivity contribution in [2.45, 2.75) is 58.0 Å². The van der Waals surface area contributed by atoms with E-state index in [0.29, 0.717) is 32.0 Å². The summed E-state index contributed by atoms with van der Waals surface area (Å²) in [6.45, 7) is 4.82. The molecule has 0 aliphatic heterocycles. The van der Waals surface area contributed by atoms with Crippen LogP contribution in [0.3, 0.4) is 0 Å². The van der Waals surface area contributed by atoms with Crippen molar-refractivity contribution in [3.8, 4) is 0 Å². The zero-order valence-corrected chi connectivity index (χ0v) is 22.7. The van der Waals surface area contributed by atoms with E-state index < -0.39 is 41.3 Å². The van der Waals surface area contributed by atoms with Crippen LogP contribution in [0.2, 0.25) is 0 Å². The first kappa shape index (κ1) is 32.2. The predicted octanol–water partition coefficient (Wildman–Crippen LogP) is 3.37. The van der Waals surface area contributed by atoms with Gasteiger partial charge in [0.1, 0.15) is 11.6 Å². The van der Waals surface area contributed by atoms with Crippen LogP contribution in [0.15, 0.2) is 41.5 Å². The Kier molecular flexibility index (Phi) is 12.5. The molecule has 40 heavy (non-hydrogen) atoms. The van der Waals surface area contributed by atoms with Crippen molar-refractivity contribution in [2.75, 3.05) is 19.6 Å². The summed E-state index contributed by atoms with van der Waals surface area (Å²) in [7, 11) is 0. The second-order valence-corrected chi connectivity index (χ2v) is 9.57. The van der Waals surface area contributed by atoms with Crippen LogP contribution in [0.5, 0.6) is 0 Å². The third-order valence-electron chi connectivity index (χ3n) is 6.14. The first-order chi connectivity index (χ1) is 19.0. The lowest BCUT2D eigenvalue weighted by molar-refractivity contribution is -0.121. The second kappa shape index (κ2) is 15.5. The lowest BCUT2D eigenvalue weighted by Crippen LogP contribution is -2.43. The normalized spacial score (nSPS) is 12.3. The molecule has 216 valence electrons. The molecule has 0 radical (unpaired) electrons. The highest BCUT2D eigenvalue weighted by molar-refractivity contribution is 6.05. The molecule has 3 amide bonds. The third-order valence-corrected chi connectivity index (χ3v) is 6.14. The summed E-state index contributed by atoms with van der Waals surface area (Å²) in [5, 5.41) is 5.78. The maximum atomic E-state index is 13.8. The minimum Gasteiger partial charge on any atom is -0.366 e. The molecule has 0 aliphatic rings. The van der Waals surface area contributed by atoms with Crippen molar-refractivity contribution >= 4 is 23.5 Å². The summed E-state index contributed by atoms with van der Waals surface area (Å²) < 4.78 is 27.6. The number of Topliss-reactive ketones (excluding diaryl/α,β-unsaturated/α-hetero) is 1. The Morgan fingerprint density at radius 3 is 2.08 bits per heavy atom. The van der Waals surface area contributed by atoms with Crippen molar-refractivity contribution in [1.82, 2.24) is 10.2 Å². The molecular weight excluding hydrogens is 522 g/mol. The molecule has 2 rings (SSSR count). The van der Waals surface area contributed by atoms with Crippen molar-refractivity contribution in [3.63, 3.8) is 0 Å². The van der Waals surface area contributed by atoms with Gasteiger partial charge in [-0.2, -0.15) is 5.11 Å². The van der Waals surface area contributed by atoms with Gasteiger partial charge in [0.05, 0.1) is 12.6 Å². The molecule has 0 spiro atoms. The van der Waals surface area contributed by atoms with Gasteiger partial charge in [-0.15, -0.1) is 0 Å². The van der Waals surface area contributed by atoms with Gasteiger partial charge in [-0.25, -0.2) is 14.3 Å². The molecule has 2 aromatic carbocycles. The Hall–Kier alpha value is -4.06. The fraction of sp³-hybridized carbons (Fsp3) is 0.429. The summed E-state index contributed by atoms with van der Waals surface area (Å²) >= 11 is 0. The van der Waals surface area contributed by atoms with Crippen molar-refractivity contribution in [3.05, 3.63) is 70.3 Å². The van der Waals surface area contributed by atoms with E-state index in [1.165, 1.54) is 18.2 Å². The van der Waals surface area contributed by atoms with Gasteiger partial charge in [0, 0.05) is 48.3 Å². The molecule has 2 aromatic rings. The van der Waals surface area contributed by atoms with Crippen LogP contribution in [0.25, 0.3) is 0 Å². The van der Waals surface area contributed by atoms with Crippen LogP contribution in [-0.2, 0) is 11.2 Å². The van der Waals surface area contributed by atoms with Crippen molar-refractivity contribution in [2.24, 2.45) is 16.6 Å². The summed E-state index contributed by atoms with van der Waals surface area (Å²) in [5.74, 6) is -4.15. The number of nitrogens with two attached hydrogens (primary N) is 2. The van der Waals surface area contributed by atoms with Crippen molar-refractivity contribution in [1.29, 1.82) is 5.53 Å². The van der Waals surface area contributed by atoms with Crippen molar-refractivity contribution < 1.29 is 28.0 Å². The molecule has 2 unspecified atom stereocenters. The molecular formula is C28H36F2N6O4. The maximum Gasteiger partial charge on any atom is 0.253 e. The van der Waals surface area contributed by atoms with Crippen LogP contribution in [-0.4, -0.2) is 60.1 Å². The quantitative estimate of drug-likeness (QED) is 0.231. The summed E-state index contributed by atoms with van der Waals surface area (Å²) in [5.41, 5.74) is 18.3. The first-order valence-corrected chi connectivity index (χ1v) is 13.1. The van der Waals surface area contributed by atoms with Gasteiger partial charge in [0.15, 0.2) is 5.78 Å². The molecule has 0 aromatic heterocycles. The number of rotatable bonds is 16. The van der Waals surface area contributed by atoms with Gasteiger partial charge in [-0.1, -0.05) is 13.8 Å².